The maximum absolute atomic E-state index is 11.0. The van der Waals surface area contributed by atoms with Crippen molar-refractivity contribution in [3.63, 3.8) is 0 Å². The number of benzene rings is 1. The van der Waals surface area contributed by atoms with Crippen molar-refractivity contribution in [3.8, 4) is 0 Å². The van der Waals surface area contributed by atoms with Gasteiger partial charge in [-0.1, -0.05) is 0 Å². The van der Waals surface area contributed by atoms with Crippen LogP contribution in [-0.2, 0) is 0 Å². The molecule has 0 radical (unpaired) electrons. The number of nitrogens with one attached hydrogen (secondary N) is 3. The lowest BCUT2D eigenvalue weighted by molar-refractivity contribution is 0.1000. The van der Waals surface area contributed by atoms with Crippen LogP contribution in [0.25, 0.3) is 0 Å². The van der Waals surface area contributed by atoms with Crippen molar-refractivity contribution < 1.29 is 4.79 Å². The molecular weight excluding hydrogens is 218 g/mol. The lowest BCUT2D eigenvalue weighted by atomic mass is 10.1. The number of hydrogen-bond donors (Lipinski definition) is 5. The van der Waals surface area contributed by atoms with Gasteiger partial charge in [-0.25, -0.2) is 0 Å². The number of primary amides is 1. The number of rotatable bonds is 5. The third-order valence-corrected chi connectivity index (χ3v) is 2.27. The lowest BCUT2D eigenvalue weighted by Crippen LogP contribution is -2.33. The molecule has 0 aliphatic rings. The van der Waals surface area contributed by atoms with E-state index >= 15 is 0 Å². The number of amides is 1. The minimum absolute atomic E-state index is 0.0485. The van der Waals surface area contributed by atoms with Gasteiger partial charge in [-0.3, -0.25) is 10.2 Å². The number of hydrogen-bond acceptors (Lipinski definition) is 3. The van der Waals surface area contributed by atoms with Crippen LogP contribution in [0.4, 0.5) is 5.69 Å². The molecule has 92 valence electrons. The zero-order valence-corrected chi connectivity index (χ0v) is 9.71. The average molecular weight is 235 g/mol. The molecule has 0 saturated carbocycles. The molecular formula is C11H17N5O. The standard InChI is InChI=1S/C11H17N5O/c1-7-6-8(10(12)17)2-3-9(7)15-4-5-16-11(13)14/h2-3,6,15H,4-5H2,1H3,(H2,12,17)(H4,13,14,16). The van der Waals surface area contributed by atoms with Gasteiger partial charge < -0.3 is 22.1 Å². The van der Waals surface area contributed by atoms with Crippen LogP contribution in [0.1, 0.15) is 15.9 Å². The summed E-state index contributed by atoms with van der Waals surface area (Å²) in [5.74, 6) is -0.481. The molecule has 0 unspecified atom stereocenters. The van der Waals surface area contributed by atoms with Crippen molar-refractivity contribution in [3.05, 3.63) is 29.3 Å². The Balaban J connectivity index is 2.54. The maximum atomic E-state index is 11.0. The van der Waals surface area contributed by atoms with E-state index in [1.807, 2.05) is 13.0 Å². The van der Waals surface area contributed by atoms with E-state index in [1.54, 1.807) is 12.1 Å². The van der Waals surface area contributed by atoms with Gasteiger partial charge in [0, 0.05) is 24.3 Å². The molecule has 17 heavy (non-hydrogen) atoms. The highest BCUT2D eigenvalue weighted by molar-refractivity contribution is 5.93. The van der Waals surface area contributed by atoms with Gasteiger partial charge in [0.1, 0.15) is 0 Å². The first-order chi connectivity index (χ1) is 8.00. The second-order valence-electron chi connectivity index (χ2n) is 3.66. The molecule has 1 rings (SSSR count). The molecule has 0 aliphatic heterocycles. The molecule has 0 heterocycles. The first-order valence-electron chi connectivity index (χ1n) is 5.23. The summed E-state index contributed by atoms with van der Waals surface area (Å²) in [5, 5.41) is 12.8. The van der Waals surface area contributed by atoms with Crippen LogP contribution in [0.15, 0.2) is 18.2 Å². The minimum atomic E-state index is -0.433. The minimum Gasteiger partial charge on any atom is -0.383 e. The van der Waals surface area contributed by atoms with Crippen LogP contribution in [-0.4, -0.2) is 25.0 Å². The average Bonchev–Trinajstić information content (AvgIpc) is 2.25. The van der Waals surface area contributed by atoms with Crippen LogP contribution in [0.2, 0.25) is 0 Å². The molecule has 6 heteroatoms. The van der Waals surface area contributed by atoms with E-state index in [0.717, 1.165) is 11.3 Å². The van der Waals surface area contributed by atoms with Gasteiger partial charge in [0.2, 0.25) is 5.91 Å². The second-order valence-corrected chi connectivity index (χ2v) is 3.66. The summed E-state index contributed by atoms with van der Waals surface area (Å²) in [5.41, 5.74) is 12.7. The molecule has 0 aliphatic carbocycles. The van der Waals surface area contributed by atoms with Gasteiger partial charge in [0.05, 0.1) is 0 Å². The Morgan fingerprint density at radius 3 is 2.59 bits per heavy atom. The molecule has 6 nitrogen and oxygen atoms in total. The van der Waals surface area contributed by atoms with Gasteiger partial charge in [-0.05, 0) is 30.7 Å². The van der Waals surface area contributed by atoms with Crippen molar-refractivity contribution >= 4 is 17.6 Å². The van der Waals surface area contributed by atoms with Gasteiger partial charge in [0.15, 0.2) is 5.96 Å². The quantitative estimate of drug-likeness (QED) is 0.280. The first-order valence-corrected chi connectivity index (χ1v) is 5.23. The highest BCUT2D eigenvalue weighted by Crippen LogP contribution is 2.15. The zero-order chi connectivity index (χ0) is 12.8. The van der Waals surface area contributed by atoms with E-state index in [9.17, 15) is 4.79 Å². The number of carbonyl (C=O) groups is 1. The number of nitrogens with two attached hydrogens (primary N) is 2. The predicted molar refractivity (Wildman–Crippen MR) is 68.1 cm³/mol. The largest absolute Gasteiger partial charge is 0.383 e. The molecule has 1 amide bonds. The molecule has 0 atom stereocenters. The summed E-state index contributed by atoms with van der Waals surface area (Å²) >= 11 is 0. The molecule has 0 bridgehead atoms. The topological polar surface area (TPSA) is 117 Å². The van der Waals surface area contributed by atoms with E-state index < -0.39 is 5.91 Å². The van der Waals surface area contributed by atoms with Crippen molar-refractivity contribution in [1.82, 2.24) is 5.32 Å². The summed E-state index contributed by atoms with van der Waals surface area (Å²) in [6.45, 7) is 3.09. The van der Waals surface area contributed by atoms with Crippen LogP contribution < -0.4 is 22.1 Å². The van der Waals surface area contributed by atoms with Crippen LogP contribution in [0.3, 0.4) is 0 Å². The first kappa shape index (κ1) is 12.8. The molecule has 1 aromatic carbocycles. The Labute approximate surface area is 99.9 Å². The molecule has 0 fully saturated rings. The number of aryl methyl sites for hydroxylation is 1. The Hall–Kier alpha value is -2.24. The van der Waals surface area contributed by atoms with E-state index in [2.05, 4.69) is 10.6 Å². The molecule has 7 N–H and O–H groups in total. The smallest absolute Gasteiger partial charge is 0.248 e. The van der Waals surface area contributed by atoms with Crippen LogP contribution >= 0.6 is 0 Å². The highest BCUT2D eigenvalue weighted by Gasteiger charge is 2.03. The summed E-state index contributed by atoms with van der Waals surface area (Å²) in [4.78, 5) is 11.0. The van der Waals surface area contributed by atoms with E-state index in [-0.39, 0.29) is 5.96 Å². The van der Waals surface area contributed by atoms with E-state index in [4.69, 9.17) is 16.9 Å². The van der Waals surface area contributed by atoms with Gasteiger partial charge >= 0.3 is 0 Å². The Kier molecular flexibility index (Phi) is 4.33. The van der Waals surface area contributed by atoms with Gasteiger partial charge in [-0.2, -0.15) is 0 Å². The van der Waals surface area contributed by atoms with E-state index in [1.165, 1.54) is 0 Å². The SMILES string of the molecule is Cc1cc(C(N)=O)ccc1NCCNC(=N)N. The lowest BCUT2D eigenvalue weighted by Gasteiger charge is -2.10. The van der Waals surface area contributed by atoms with Crippen molar-refractivity contribution in [2.45, 2.75) is 6.92 Å². The van der Waals surface area contributed by atoms with Gasteiger partial charge in [0.25, 0.3) is 0 Å². The normalized spacial score (nSPS) is 9.71. The molecule has 1 aromatic rings. The predicted octanol–water partition coefficient (Wildman–Crippen LogP) is -0.0111. The fourth-order valence-electron chi connectivity index (χ4n) is 1.41. The van der Waals surface area contributed by atoms with Gasteiger partial charge in [-0.15, -0.1) is 0 Å². The monoisotopic (exact) mass is 235 g/mol. The summed E-state index contributed by atoms with van der Waals surface area (Å²) in [6.07, 6.45) is 0. The third kappa shape index (κ3) is 4.02. The summed E-state index contributed by atoms with van der Waals surface area (Å²) in [6, 6.07) is 5.22. The zero-order valence-electron chi connectivity index (χ0n) is 9.71. The maximum Gasteiger partial charge on any atom is 0.248 e. The molecule has 0 aromatic heterocycles. The second kappa shape index (κ2) is 5.74. The third-order valence-electron chi connectivity index (χ3n) is 2.27. The van der Waals surface area contributed by atoms with E-state index in [0.29, 0.717) is 18.7 Å². The Bertz CT molecular complexity index is 430. The van der Waals surface area contributed by atoms with Crippen LogP contribution in [0.5, 0.6) is 0 Å². The number of anilines is 1. The summed E-state index contributed by atoms with van der Waals surface area (Å²) < 4.78 is 0. The molecule has 0 saturated heterocycles. The molecule has 0 spiro atoms. The van der Waals surface area contributed by atoms with Crippen LogP contribution in [0, 0.1) is 12.3 Å². The fourth-order valence-corrected chi connectivity index (χ4v) is 1.41. The fraction of sp³-hybridized carbons (Fsp3) is 0.273. The summed E-state index contributed by atoms with van der Waals surface area (Å²) in [7, 11) is 0. The number of carbonyl (C=O) groups excluding carboxylic acids is 1. The number of guanidine groups is 1. The van der Waals surface area contributed by atoms with Crippen molar-refractivity contribution in [2.75, 3.05) is 18.4 Å². The highest BCUT2D eigenvalue weighted by atomic mass is 16.1. The van der Waals surface area contributed by atoms with Crippen molar-refractivity contribution in [2.24, 2.45) is 11.5 Å². The Morgan fingerprint density at radius 1 is 1.35 bits per heavy atom. The van der Waals surface area contributed by atoms with Crippen molar-refractivity contribution in [1.29, 1.82) is 5.41 Å². The Morgan fingerprint density at radius 2 is 2.06 bits per heavy atom.